The van der Waals surface area contributed by atoms with E-state index in [0.717, 1.165) is 63.1 Å². The van der Waals surface area contributed by atoms with Crippen molar-refractivity contribution in [3.63, 3.8) is 0 Å². The van der Waals surface area contributed by atoms with Crippen molar-refractivity contribution in [1.82, 2.24) is 25.3 Å². The normalized spacial score (nSPS) is 35.1. The SMILES string of the molecule is C=CC(=O)N1CCN(C2NC(OCC3CCCN3C)NC3C[C@@]4(CCc5ccc(OC)cc5O4)CCC32)CC1CC#N. The van der Waals surface area contributed by atoms with Crippen molar-refractivity contribution in [2.75, 3.05) is 46.9 Å². The van der Waals surface area contributed by atoms with Crippen molar-refractivity contribution < 1.29 is 19.0 Å². The molecule has 10 heteroatoms. The number of fused-ring (bicyclic) bond motifs is 2. The Morgan fingerprint density at radius 3 is 2.88 bits per heavy atom. The lowest BCUT2D eigenvalue weighted by molar-refractivity contribution is -0.139. The predicted molar refractivity (Wildman–Crippen MR) is 159 cm³/mol. The van der Waals surface area contributed by atoms with Crippen LogP contribution in [-0.2, 0) is 16.0 Å². The van der Waals surface area contributed by atoms with Crippen LogP contribution >= 0.6 is 0 Å². The molecule has 1 aromatic carbocycles. The number of hydrogen-bond donors (Lipinski definition) is 2. The van der Waals surface area contributed by atoms with Crippen molar-refractivity contribution >= 4 is 5.91 Å². The lowest BCUT2D eigenvalue weighted by atomic mass is 9.70. The summed E-state index contributed by atoms with van der Waals surface area (Å²) in [5.41, 5.74) is 1.03. The van der Waals surface area contributed by atoms with E-state index in [1.165, 1.54) is 18.1 Å². The standard InChI is InChI=1S/C32H46N6O4/c1-4-29(39)38-17-16-37(20-23(38)11-14-33)30-26-10-13-32(12-9-22-7-8-25(40-3)18-28(22)42-32)19-27(26)34-31(35-30)41-21-24-6-5-15-36(24)2/h4,7-8,18,23-24,26-27,30-31,34-35H,1,5-6,9-13,15-17,19-21H2,2-3H3/t23?,24?,26?,27?,30?,31?,32-/m1/s1. The Hall–Kier alpha value is -2.68. The Bertz CT molecular complexity index is 1190. The van der Waals surface area contributed by atoms with Gasteiger partial charge in [0, 0.05) is 50.1 Å². The molecule has 4 aliphatic heterocycles. The molecule has 4 heterocycles. The largest absolute Gasteiger partial charge is 0.497 e. The van der Waals surface area contributed by atoms with Crippen molar-refractivity contribution in [2.24, 2.45) is 5.92 Å². The van der Waals surface area contributed by atoms with Gasteiger partial charge in [0.1, 0.15) is 17.1 Å². The molecule has 6 unspecified atom stereocenters. The summed E-state index contributed by atoms with van der Waals surface area (Å²) < 4.78 is 18.9. The lowest BCUT2D eigenvalue weighted by Crippen LogP contribution is -2.73. The molecule has 1 aliphatic carbocycles. The van der Waals surface area contributed by atoms with Gasteiger partial charge >= 0.3 is 0 Å². The van der Waals surface area contributed by atoms with Gasteiger partial charge in [-0.3, -0.25) is 20.3 Å². The summed E-state index contributed by atoms with van der Waals surface area (Å²) in [7, 11) is 3.88. The van der Waals surface area contributed by atoms with Crippen LogP contribution in [-0.4, -0.2) is 104 Å². The van der Waals surface area contributed by atoms with E-state index in [1.54, 1.807) is 7.11 Å². The van der Waals surface area contributed by atoms with E-state index in [1.807, 2.05) is 17.0 Å². The zero-order valence-electron chi connectivity index (χ0n) is 25.1. The number of carbonyl (C=O) groups excluding carboxylic acids is 1. The summed E-state index contributed by atoms with van der Waals surface area (Å²) in [6, 6.07) is 8.97. The van der Waals surface area contributed by atoms with Crippen LogP contribution < -0.4 is 20.1 Å². The number of methoxy groups -OCH3 is 1. The number of rotatable bonds is 7. The molecule has 7 atom stereocenters. The van der Waals surface area contributed by atoms with E-state index >= 15 is 0 Å². The summed E-state index contributed by atoms with van der Waals surface area (Å²) in [6.45, 7) is 7.46. The number of ether oxygens (including phenoxy) is 3. The molecule has 0 radical (unpaired) electrons. The summed E-state index contributed by atoms with van der Waals surface area (Å²) in [4.78, 5) is 19.2. The summed E-state index contributed by atoms with van der Waals surface area (Å²) >= 11 is 0. The van der Waals surface area contributed by atoms with Gasteiger partial charge in [-0.1, -0.05) is 12.6 Å². The van der Waals surface area contributed by atoms with Gasteiger partial charge in [-0.05, 0) is 69.8 Å². The van der Waals surface area contributed by atoms with E-state index in [4.69, 9.17) is 14.2 Å². The maximum atomic E-state index is 12.6. The van der Waals surface area contributed by atoms with E-state index in [-0.39, 0.29) is 36.1 Å². The van der Waals surface area contributed by atoms with E-state index in [9.17, 15) is 10.1 Å². The average molecular weight is 579 g/mol. The van der Waals surface area contributed by atoms with Gasteiger partial charge < -0.3 is 24.0 Å². The third-order valence-corrected chi connectivity index (χ3v) is 10.4. The quantitative estimate of drug-likeness (QED) is 0.473. The molecule has 1 amide bonds. The molecule has 2 N–H and O–H groups in total. The van der Waals surface area contributed by atoms with Crippen molar-refractivity contribution in [3.8, 4) is 17.6 Å². The summed E-state index contributed by atoms with van der Waals surface area (Å²) in [5, 5.41) is 17.2. The zero-order chi connectivity index (χ0) is 29.3. The van der Waals surface area contributed by atoms with Crippen LogP contribution in [0.2, 0.25) is 0 Å². The number of carbonyl (C=O) groups is 1. The highest BCUT2D eigenvalue weighted by Gasteiger charge is 2.51. The average Bonchev–Trinajstić information content (AvgIpc) is 3.43. The van der Waals surface area contributed by atoms with Crippen molar-refractivity contribution in [3.05, 3.63) is 36.4 Å². The molecule has 0 bridgehead atoms. The molecule has 3 saturated heterocycles. The molecule has 4 fully saturated rings. The molecule has 42 heavy (non-hydrogen) atoms. The Balaban J connectivity index is 1.21. The van der Waals surface area contributed by atoms with Crippen LogP contribution in [0, 0.1) is 17.2 Å². The van der Waals surface area contributed by atoms with Crippen LogP contribution in [0.15, 0.2) is 30.9 Å². The maximum absolute atomic E-state index is 12.6. The van der Waals surface area contributed by atoms with Gasteiger partial charge in [0.25, 0.3) is 0 Å². The van der Waals surface area contributed by atoms with Crippen LogP contribution in [0.25, 0.3) is 0 Å². The number of benzene rings is 1. The number of likely N-dealkylation sites (N-methyl/N-ethyl adjacent to an activating group) is 1. The molecule has 1 spiro atoms. The fourth-order valence-electron chi connectivity index (χ4n) is 7.99. The minimum Gasteiger partial charge on any atom is -0.497 e. The van der Waals surface area contributed by atoms with Gasteiger partial charge in [0.2, 0.25) is 5.91 Å². The van der Waals surface area contributed by atoms with Crippen LogP contribution in [0.4, 0.5) is 0 Å². The van der Waals surface area contributed by atoms with Gasteiger partial charge in [-0.25, -0.2) is 0 Å². The van der Waals surface area contributed by atoms with Crippen LogP contribution in [0.1, 0.15) is 50.5 Å². The third kappa shape index (κ3) is 5.90. The number of nitrogens with one attached hydrogen (secondary N) is 2. The number of aryl methyl sites for hydroxylation is 1. The number of amides is 1. The highest BCUT2D eigenvalue weighted by Crippen LogP contribution is 2.46. The fraction of sp³-hybridized carbons (Fsp3) is 0.688. The molecule has 1 saturated carbocycles. The van der Waals surface area contributed by atoms with Gasteiger partial charge in [0.15, 0.2) is 6.35 Å². The summed E-state index contributed by atoms with van der Waals surface area (Å²) in [6.07, 6.45) is 8.76. The Kier molecular flexibility index (Phi) is 8.75. The Morgan fingerprint density at radius 1 is 1.24 bits per heavy atom. The minimum atomic E-state index is -0.279. The topological polar surface area (TPSA) is 102 Å². The second-order valence-corrected chi connectivity index (χ2v) is 12.8. The van der Waals surface area contributed by atoms with E-state index in [0.29, 0.717) is 38.1 Å². The first-order valence-corrected chi connectivity index (χ1v) is 15.7. The molecule has 228 valence electrons. The highest BCUT2D eigenvalue weighted by molar-refractivity contribution is 5.87. The number of hydrogen-bond acceptors (Lipinski definition) is 9. The second-order valence-electron chi connectivity index (χ2n) is 12.8. The maximum Gasteiger partial charge on any atom is 0.246 e. The van der Waals surface area contributed by atoms with Gasteiger partial charge in [-0.15, -0.1) is 0 Å². The molecule has 10 nitrogen and oxygen atoms in total. The highest BCUT2D eigenvalue weighted by atomic mass is 16.5. The fourth-order valence-corrected chi connectivity index (χ4v) is 7.99. The first-order valence-electron chi connectivity index (χ1n) is 15.7. The van der Waals surface area contributed by atoms with E-state index < -0.39 is 0 Å². The zero-order valence-corrected chi connectivity index (χ0v) is 25.1. The number of nitrogens with zero attached hydrogens (tertiary/aromatic N) is 4. The Labute approximate surface area is 249 Å². The molecule has 5 aliphatic rings. The summed E-state index contributed by atoms with van der Waals surface area (Å²) in [5.74, 6) is 2.03. The smallest absolute Gasteiger partial charge is 0.246 e. The minimum absolute atomic E-state index is 0.0815. The lowest BCUT2D eigenvalue weighted by Gasteiger charge is -2.55. The number of piperazine rings is 1. The van der Waals surface area contributed by atoms with Crippen LogP contribution in [0.3, 0.4) is 0 Å². The van der Waals surface area contributed by atoms with Crippen molar-refractivity contribution in [1.29, 1.82) is 5.26 Å². The van der Waals surface area contributed by atoms with Crippen LogP contribution in [0.5, 0.6) is 11.5 Å². The Morgan fingerprint density at radius 2 is 2.12 bits per heavy atom. The molecule has 0 aromatic heterocycles. The van der Waals surface area contributed by atoms with Gasteiger partial charge in [0.05, 0.1) is 38.4 Å². The molecule has 1 aromatic rings. The molecular weight excluding hydrogens is 532 g/mol. The predicted octanol–water partition coefficient (Wildman–Crippen LogP) is 2.45. The second kappa shape index (κ2) is 12.5. The first kappa shape index (κ1) is 29.4. The molecular formula is C32H46N6O4. The third-order valence-electron chi connectivity index (χ3n) is 10.4. The van der Waals surface area contributed by atoms with Crippen molar-refractivity contribution in [2.45, 2.75) is 87.6 Å². The monoisotopic (exact) mass is 578 g/mol. The molecule has 6 rings (SSSR count). The first-order chi connectivity index (χ1) is 20.4. The van der Waals surface area contributed by atoms with E-state index in [2.05, 4.69) is 46.2 Å². The number of nitriles is 1. The van der Waals surface area contributed by atoms with Gasteiger partial charge in [-0.2, -0.15) is 5.26 Å². The number of likely N-dealkylation sites (tertiary alicyclic amines) is 1.